The Bertz CT molecular complexity index is 867. The van der Waals surface area contributed by atoms with Gasteiger partial charge in [0, 0.05) is 0 Å². The third-order valence-corrected chi connectivity index (χ3v) is 7.16. The molecule has 1 aliphatic heterocycles. The molecule has 2 unspecified atom stereocenters. The first-order valence-corrected chi connectivity index (χ1v) is 11.8. The van der Waals surface area contributed by atoms with Crippen molar-refractivity contribution in [2.45, 2.75) is 56.3 Å². The summed E-state index contributed by atoms with van der Waals surface area (Å²) in [5, 5.41) is 29.8. The Kier molecular flexibility index (Phi) is 7.47. The molecule has 1 aliphatic rings. The SMILES string of the molecule is C[S+](CCCCCC(N)C(=O)O)C[C@H]1O[C@@H](n2cnc3c(N)ncnc32)[C@H](O)[C@@H]1O. The van der Waals surface area contributed by atoms with Gasteiger partial charge >= 0.3 is 5.97 Å². The molecule has 0 saturated carbocycles. The number of imidazole rings is 1. The maximum atomic E-state index is 10.7. The Hall–Kier alpha value is -1.99. The van der Waals surface area contributed by atoms with Crippen molar-refractivity contribution in [1.82, 2.24) is 19.5 Å². The van der Waals surface area contributed by atoms with Crippen LogP contribution in [0.5, 0.6) is 0 Å². The predicted octanol–water partition coefficient (Wildman–Crippen LogP) is -0.752. The van der Waals surface area contributed by atoms with E-state index in [-0.39, 0.29) is 16.7 Å². The fraction of sp³-hybridized carbons (Fsp3) is 0.667. The van der Waals surface area contributed by atoms with Gasteiger partial charge in [0.15, 0.2) is 17.7 Å². The molecule has 0 bridgehead atoms. The van der Waals surface area contributed by atoms with Gasteiger partial charge < -0.3 is 31.5 Å². The molecule has 0 spiro atoms. The maximum absolute atomic E-state index is 10.7. The number of fused-ring (bicyclic) bond motifs is 1. The topological polar surface area (TPSA) is 183 Å². The first-order chi connectivity index (χ1) is 14.3. The second-order valence-electron chi connectivity index (χ2n) is 7.58. The van der Waals surface area contributed by atoms with Crippen molar-refractivity contribution >= 4 is 33.8 Å². The third kappa shape index (κ3) is 5.01. The van der Waals surface area contributed by atoms with Crippen molar-refractivity contribution in [2.24, 2.45) is 5.73 Å². The van der Waals surface area contributed by atoms with E-state index < -0.39 is 36.6 Å². The minimum Gasteiger partial charge on any atom is -0.480 e. The van der Waals surface area contributed by atoms with Crippen molar-refractivity contribution < 1.29 is 24.9 Å². The second kappa shape index (κ2) is 9.88. The lowest BCUT2D eigenvalue weighted by Gasteiger charge is -2.16. The highest BCUT2D eigenvalue weighted by Gasteiger charge is 2.46. The lowest BCUT2D eigenvalue weighted by molar-refractivity contribution is -0.138. The molecule has 12 heteroatoms. The fourth-order valence-electron chi connectivity index (χ4n) is 3.53. The minimum absolute atomic E-state index is 0.0252. The van der Waals surface area contributed by atoms with E-state index in [9.17, 15) is 15.0 Å². The number of aromatic nitrogens is 4. The molecule has 166 valence electrons. The number of unbranched alkanes of at least 4 members (excludes halogenated alkanes) is 2. The van der Waals surface area contributed by atoms with E-state index in [0.717, 1.165) is 25.0 Å². The zero-order valence-corrected chi connectivity index (χ0v) is 17.6. The summed E-state index contributed by atoms with van der Waals surface area (Å²) in [6, 6.07) is -0.801. The van der Waals surface area contributed by atoms with Crippen LogP contribution in [0.4, 0.5) is 5.82 Å². The van der Waals surface area contributed by atoms with Crippen LogP contribution in [-0.4, -0.2) is 82.9 Å². The van der Waals surface area contributed by atoms with E-state index in [1.165, 1.54) is 12.7 Å². The number of carboxylic acids is 1. The summed E-state index contributed by atoms with van der Waals surface area (Å²) in [6.45, 7) is 0. The molecule has 1 saturated heterocycles. The largest absolute Gasteiger partial charge is 0.480 e. The van der Waals surface area contributed by atoms with Crippen LogP contribution in [0.25, 0.3) is 11.2 Å². The van der Waals surface area contributed by atoms with Gasteiger partial charge in [-0.2, -0.15) is 0 Å². The summed E-state index contributed by atoms with van der Waals surface area (Å²) in [5.41, 5.74) is 12.2. The van der Waals surface area contributed by atoms with Gasteiger partial charge in [-0.15, -0.1) is 0 Å². The molecule has 6 atom stereocenters. The maximum Gasteiger partial charge on any atom is 0.320 e. The average molecular weight is 442 g/mol. The van der Waals surface area contributed by atoms with E-state index in [0.29, 0.717) is 23.3 Å². The molecule has 1 fully saturated rings. The Morgan fingerprint density at radius 3 is 2.77 bits per heavy atom. The summed E-state index contributed by atoms with van der Waals surface area (Å²) in [4.78, 5) is 23.0. The second-order valence-corrected chi connectivity index (χ2v) is 9.88. The number of ether oxygens (including phenoxy) is 1. The Balaban J connectivity index is 1.51. The van der Waals surface area contributed by atoms with Crippen LogP contribution in [-0.2, 0) is 20.4 Å². The van der Waals surface area contributed by atoms with Gasteiger partial charge in [0.25, 0.3) is 0 Å². The molecular formula is C18H29N6O5S+. The molecule has 11 nitrogen and oxygen atoms in total. The molecule has 7 N–H and O–H groups in total. The van der Waals surface area contributed by atoms with Crippen LogP contribution in [0.1, 0.15) is 31.9 Å². The van der Waals surface area contributed by atoms with Crippen molar-refractivity contribution in [3.63, 3.8) is 0 Å². The average Bonchev–Trinajstić information content (AvgIpc) is 3.25. The number of nitrogens with zero attached hydrogens (tertiary/aromatic N) is 4. The number of hydrogen-bond acceptors (Lipinski definition) is 9. The fourth-order valence-corrected chi connectivity index (χ4v) is 5.23. The van der Waals surface area contributed by atoms with Crippen molar-refractivity contribution in [2.75, 3.05) is 23.5 Å². The zero-order valence-electron chi connectivity index (χ0n) is 16.8. The third-order valence-electron chi connectivity index (χ3n) is 5.27. The minimum atomic E-state index is -1.11. The predicted molar refractivity (Wildman–Crippen MR) is 113 cm³/mol. The van der Waals surface area contributed by atoms with Gasteiger partial charge in [-0.25, -0.2) is 15.0 Å². The molecule has 0 amide bonds. The number of nitrogens with two attached hydrogens (primary N) is 2. The van der Waals surface area contributed by atoms with E-state index in [4.69, 9.17) is 21.3 Å². The highest BCUT2D eigenvalue weighted by molar-refractivity contribution is 7.96. The summed E-state index contributed by atoms with van der Waals surface area (Å²) in [6.07, 6.45) is 4.54. The summed E-state index contributed by atoms with van der Waals surface area (Å²) in [7, 11) is -0.0252. The number of carbonyl (C=O) groups is 1. The first kappa shape index (κ1) is 22.7. The number of carboxylic acid groups (broad SMARTS) is 1. The number of aliphatic carboxylic acids is 1. The Morgan fingerprint density at radius 1 is 1.27 bits per heavy atom. The lowest BCUT2D eigenvalue weighted by Crippen LogP contribution is -2.35. The molecule has 30 heavy (non-hydrogen) atoms. The first-order valence-electron chi connectivity index (χ1n) is 9.81. The number of aliphatic hydroxyl groups excluding tert-OH is 2. The molecule has 0 radical (unpaired) electrons. The van der Waals surface area contributed by atoms with Crippen LogP contribution in [0.3, 0.4) is 0 Å². The van der Waals surface area contributed by atoms with E-state index in [2.05, 4.69) is 21.2 Å². The molecule has 3 heterocycles. The highest BCUT2D eigenvalue weighted by Crippen LogP contribution is 2.32. The van der Waals surface area contributed by atoms with Gasteiger partial charge in [0.2, 0.25) is 0 Å². The highest BCUT2D eigenvalue weighted by atomic mass is 32.2. The summed E-state index contributed by atoms with van der Waals surface area (Å²) >= 11 is 0. The number of nitrogen functional groups attached to an aromatic ring is 1. The quantitative estimate of drug-likeness (QED) is 0.232. The van der Waals surface area contributed by atoms with E-state index in [1.807, 2.05) is 0 Å². The monoisotopic (exact) mass is 441 g/mol. The summed E-state index contributed by atoms with van der Waals surface area (Å²) < 4.78 is 7.55. The molecule has 2 aromatic heterocycles. The smallest absolute Gasteiger partial charge is 0.320 e. The number of aliphatic hydroxyl groups is 2. The molecule has 0 aromatic carbocycles. The van der Waals surface area contributed by atoms with Crippen LogP contribution >= 0.6 is 0 Å². The summed E-state index contributed by atoms with van der Waals surface area (Å²) in [5.74, 6) is 0.828. The molecule has 0 aliphatic carbocycles. The number of anilines is 1. The van der Waals surface area contributed by atoms with Crippen LogP contribution < -0.4 is 11.5 Å². The van der Waals surface area contributed by atoms with Crippen LogP contribution in [0.15, 0.2) is 12.7 Å². The van der Waals surface area contributed by atoms with Gasteiger partial charge in [-0.05, 0) is 30.2 Å². The Morgan fingerprint density at radius 2 is 2.03 bits per heavy atom. The lowest BCUT2D eigenvalue weighted by atomic mass is 10.1. The molecule has 3 rings (SSSR count). The van der Waals surface area contributed by atoms with Crippen molar-refractivity contribution in [3.8, 4) is 0 Å². The van der Waals surface area contributed by atoms with Crippen molar-refractivity contribution in [3.05, 3.63) is 12.7 Å². The van der Waals surface area contributed by atoms with Crippen molar-refractivity contribution in [1.29, 1.82) is 0 Å². The molecule has 2 aromatic rings. The standard InChI is InChI=1S/C18H28N6O5S/c1-30(6-4-2-3-5-10(19)18(27)28)7-11-13(25)14(26)17(29-11)24-9-23-12-15(20)21-8-22-16(12)24/h8-11,13-14,17,25-26H,2-7,19H2,1H3,(H2-,20,21,22,27,28)/p+1/t10?,11-,13-,14-,17-,30?/m1/s1. The normalized spacial score (nSPS) is 26.1. The van der Waals surface area contributed by atoms with Crippen LogP contribution in [0.2, 0.25) is 0 Å². The zero-order chi connectivity index (χ0) is 21.8. The number of hydrogen-bond donors (Lipinski definition) is 5. The van der Waals surface area contributed by atoms with Gasteiger partial charge in [0.05, 0.1) is 12.6 Å². The van der Waals surface area contributed by atoms with E-state index in [1.54, 1.807) is 4.57 Å². The van der Waals surface area contributed by atoms with E-state index >= 15 is 0 Å². The molecular weight excluding hydrogens is 412 g/mol. The van der Waals surface area contributed by atoms with Crippen LogP contribution in [0, 0.1) is 0 Å². The number of rotatable bonds is 10. The van der Waals surface area contributed by atoms with Gasteiger partial charge in [-0.1, -0.05) is 6.42 Å². The van der Waals surface area contributed by atoms with Gasteiger partial charge in [0.1, 0.15) is 47.7 Å². The van der Waals surface area contributed by atoms with Gasteiger partial charge in [-0.3, -0.25) is 9.36 Å². The Labute approximate surface area is 176 Å².